The minimum Gasteiger partial charge on any atom is -0.389 e. The fraction of sp³-hybridized carbons (Fsp3) is 1.00. The molecule has 0 aromatic rings. The molecule has 1 heteroatoms. The van der Waals surface area contributed by atoms with Crippen LogP contribution in [-0.4, -0.2) is 10.7 Å². The highest BCUT2D eigenvalue weighted by Gasteiger charge is 2.39. The summed E-state index contributed by atoms with van der Waals surface area (Å²) in [6, 6.07) is 0. The highest BCUT2D eigenvalue weighted by atomic mass is 16.3. The monoisotopic (exact) mass is 410 g/mol. The number of aliphatic hydroxyl groups is 1. The summed E-state index contributed by atoms with van der Waals surface area (Å²) in [4.78, 5) is 0. The van der Waals surface area contributed by atoms with Crippen molar-refractivity contribution in [3.05, 3.63) is 0 Å². The van der Waals surface area contributed by atoms with Gasteiger partial charge in [0.05, 0.1) is 5.60 Å². The van der Waals surface area contributed by atoms with Gasteiger partial charge >= 0.3 is 0 Å². The molecular weight excluding hydrogens is 352 g/mol. The van der Waals surface area contributed by atoms with Crippen LogP contribution < -0.4 is 0 Å². The van der Waals surface area contributed by atoms with E-state index in [-0.39, 0.29) is 5.41 Å². The van der Waals surface area contributed by atoms with Crippen molar-refractivity contribution < 1.29 is 5.11 Å². The van der Waals surface area contributed by atoms with E-state index < -0.39 is 5.60 Å². The first-order valence-electron chi connectivity index (χ1n) is 13.4. The van der Waals surface area contributed by atoms with Gasteiger partial charge in [-0.1, -0.05) is 145 Å². The van der Waals surface area contributed by atoms with Crippen molar-refractivity contribution in [3.8, 4) is 0 Å². The Labute approximate surface area is 185 Å². The van der Waals surface area contributed by atoms with E-state index in [9.17, 15) is 5.11 Å². The maximum Gasteiger partial charge on any atom is 0.0698 e. The molecule has 0 aliphatic rings. The van der Waals surface area contributed by atoms with Crippen molar-refractivity contribution in [1.82, 2.24) is 0 Å². The summed E-state index contributed by atoms with van der Waals surface area (Å²) in [6.45, 7) is 15.9. The van der Waals surface area contributed by atoms with Gasteiger partial charge in [0.25, 0.3) is 0 Å². The number of unbranched alkanes of at least 4 members (excludes halogenated alkanes) is 13. The van der Waals surface area contributed by atoms with Crippen molar-refractivity contribution in [3.63, 3.8) is 0 Å². The predicted molar refractivity (Wildman–Crippen MR) is 133 cm³/mol. The second-order valence-corrected chi connectivity index (χ2v) is 11.3. The molecule has 0 amide bonds. The first kappa shape index (κ1) is 29.0. The van der Waals surface area contributed by atoms with E-state index in [0.29, 0.717) is 11.8 Å². The fourth-order valence-electron chi connectivity index (χ4n) is 5.03. The molecule has 3 unspecified atom stereocenters. The van der Waals surface area contributed by atoms with Crippen LogP contribution in [0.2, 0.25) is 0 Å². The van der Waals surface area contributed by atoms with Gasteiger partial charge in [-0.2, -0.15) is 0 Å². The highest BCUT2D eigenvalue weighted by molar-refractivity contribution is 4.90. The molecule has 0 saturated carbocycles. The molecule has 1 N–H and O–H groups in total. The maximum atomic E-state index is 11.5. The molecule has 1 nitrogen and oxygen atoms in total. The third kappa shape index (κ3) is 14.6. The largest absolute Gasteiger partial charge is 0.389 e. The number of hydrogen-bond acceptors (Lipinski definition) is 1. The fourth-order valence-corrected chi connectivity index (χ4v) is 5.03. The Kier molecular flexibility index (Phi) is 16.6. The lowest BCUT2D eigenvalue weighted by Gasteiger charge is -2.42. The van der Waals surface area contributed by atoms with Crippen LogP contribution in [0.25, 0.3) is 0 Å². The molecule has 0 fully saturated rings. The average Bonchev–Trinajstić information content (AvgIpc) is 2.65. The van der Waals surface area contributed by atoms with Gasteiger partial charge in [0.2, 0.25) is 0 Å². The molecule has 0 heterocycles. The predicted octanol–water partition coefficient (Wildman–Crippen LogP) is 9.71. The van der Waals surface area contributed by atoms with Gasteiger partial charge in [0.1, 0.15) is 0 Å². The Morgan fingerprint density at radius 1 is 0.586 bits per heavy atom. The molecule has 29 heavy (non-hydrogen) atoms. The minimum atomic E-state index is -0.487. The van der Waals surface area contributed by atoms with Gasteiger partial charge in [-0.25, -0.2) is 0 Å². The molecule has 0 spiro atoms. The summed E-state index contributed by atoms with van der Waals surface area (Å²) < 4.78 is 0. The van der Waals surface area contributed by atoms with Crippen LogP contribution in [0.15, 0.2) is 0 Å². The molecular formula is C28H58O. The SMILES string of the molecule is CCCCCCCCCCCCCCCCC(O)(C(C)CC)C(C)CC(C)(C)C. The standard InChI is InChI=1S/C28H58O/c1-8-10-11-12-13-14-15-16-17-18-19-20-21-22-23-28(29,25(3)9-2)26(4)24-27(5,6)7/h25-26,29H,8-24H2,1-7H3. The Morgan fingerprint density at radius 3 is 1.31 bits per heavy atom. The van der Waals surface area contributed by atoms with Crippen LogP contribution in [0.3, 0.4) is 0 Å². The molecule has 0 bridgehead atoms. The summed E-state index contributed by atoms with van der Waals surface area (Å²) in [5, 5.41) is 11.5. The molecule has 0 saturated heterocycles. The minimum absolute atomic E-state index is 0.288. The van der Waals surface area contributed by atoms with Crippen LogP contribution in [0.5, 0.6) is 0 Å². The lowest BCUT2D eigenvalue weighted by atomic mass is 9.69. The Bertz CT molecular complexity index is 356. The Morgan fingerprint density at radius 2 is 0.966 bits per heavy atom. The van der Waals surface area contributed by atoms with Crippen molar-refractivity contribution in [1.29, 1.82) is 0 Å². The first-order valence-corrected chi connectivity index (χ1v) is 13.4. The van der Waals surface area contributed by atoms with E-state index in [0.717, 1.165) is 19.3 Å². The van der Waals surface area contributed by atoms with Crippen molar-refractivity contribution >= 4 is 0 Å². The molecule has 3 atom stereocenters. The van der Waals surface area contributed by atoms with E-state index >= 15 is 0 Å². The zero-order chi connectivity index (χ0) is 22.2. The second-order valence-electron chi connectivity index (χ2n) is 11.3. The Balaban J connectivity index is 3.86. The van der Waals surface area contributed by atoms with E-state index in [2.05, 4.69) is 48.5 Å². The summed E-state index contributed by atoms with van der Waals surface area (Å²) >= 11 is 0. The highest BCUT2D eigenvalue weighted by Crippen LogP contribution is 2.39. The molecule has 0 rings (SSSR count). The van der Waals surface area contributed by atoms with Crippen LogP contribution in [0, 0.1) is 17.3 Å². The lowest BCUT2D eigenvalue weighted by Crippen LogP contribution is -2.44. The van der Waals surface area contributed by atoms with Gasteiger partial charge < -0.3 is 5.11 Å². The summed E-state index contributed by atoms with van der Waals surface area (Å²) in [5.74, 6) is 0.765. The van der Waals surface area contributed by atoms with Crippen LogP contribution in [0.4, 0.5) is 0 Å². The third-order valence-electron chi connectivity index (χ3n) is 7.17. The van der Waals surface area contributed by atoms with Gasteiger partial charge in [-0.05, 0) is 30.1 Å². The van der Waals surface area contributed by atoms with Crippen molar-refractivity contribution in [2.75, 3.05) is 0 Å². The normalized spacial score (nSPS) is 16.6. The van der Waals surface area contributed by atoms with Gasteiger partial charge in [-0.3, -0.25) is 0 Å². The summed E-state index contributed by atoms with van der Waals surface area (Å²) in [7, 11) is 0. The second kappa shape index (κ2) is 16.6. The van der Waals surface area contributed by atoms with Gasteiger partial charge in [-0.15, -0.1) is 0 Å². The third-order valence-corrected chi connectivity index (χ3v) is 7.17. The van der Waals surface area contributed by atoms with E-state index in [1.54, 1.807) is 0 Å². The van der Waals surface area contributed by atoms with E-state index in [1.165, 1.54) is 89.9 Å². The molecule has 176 valence electrons. The zero-order valence-electron chi connectivity index (χ0n) is 21.6. The van der Waals surface area contributed by atoms with Crippen LogP contribution in [-0.2, 0) is 0 Å². The summed E-state index contributed by atoms with van der Waals surface area (Å²) in [5.41, 5.74) is -0.199. The quantitative estimate of drug-likeness (QED) is 0.210. The van der Waals surface area contributed by atoms with Crippen molar-refractivity contribution in [2.45, 2.75) is 163 Å². The van der Waals surface area contributed by atoms with E-state index in [4.69, 9.17) is 0 Å². The Hall–Kier alpha value is -0.0400. The zero-order valence-corrected chi connectivity index (χ0v) is 21.6. The first-order chi connectivity index (χ1) is 13.7. The van der Waals surface area contributed by atoms with Crippen LogP contribution in [0.1, 0.15) is 158 Å². The molecule has 0 radical (unpaired) electrons. The van der Waals surface area contributed by atoms with E-state index in [1.807, 2.05) is 0 Å². The van der Waals surface area contributed by atoms with Gasteiger partial charge in [0, 0.05) is 0 Å². The summed E-state index contributed by atoms with van der Waals surface area (Å²) in [6.07, 6.45) is 22.7. The number of hydrogen-bond donors (Lipinski definition) is 1. The number of rotatable bonds is 19. The lowest BCUT2D eigenvalue weighted by molar-refractivity contribution is -0.0788. The van der Waals surface area contributed by atoms with Gasteiger partial charge in [0.15, 0.2) is 0 Å². The van der Waals surface area contributed by atoms with Crippen LogP contribution >= 0.6 is 0 Å². The average molecular weight is 411 g/mol. The smallest absolute Gasteiger partial charge is 0.0698 e. The maximum absolute atomic E-state index is 11.5. The molecule has 0 aromatic heterocycles. The topological polar surface area (TPSA) is 20.2 Å². The molecule has 0 aliphatic carbocycles. The molecule has 0 aromatic carbocycles. The van der Waals surface area contributed by atoms with Crippen molar-refractivity contribution in [2.24, 2.45) is 17.3 Å². The molecule has 0 aliphatic heterocycles.